The van der Waals surface area contributed by atoms with Crippen molar-refractivity contribution in [3.05, 3.63) is 63.6 Å². The molecule has 0 aliphatic carbocycles. The van der Waals surface area contributed by atoms with Gasteiger partial charge in [0.1, 0.15) is 0 Å². The van der Waals surface area contributed by atoms with Gasteiger partial charge in [0.15, 0.2) is 5.76 Å². The summed E-state index contributed by atoms with van der Waals surface area (Å²) in [7, 11) is 0. The van der Waals surface area contributed by atoms with Crippen LogP contribution in [-0.2, 0) is 4.79 Å². The summed E-state index contributed by atoms with van der Waals surface area (Å²) in [5.41, 5.74) is 7.53. The first-order valence-electron chi connectivity index (χ1n) is 6.27. The van der Waals surface area contributed by atoms with Crippen LogP contribution in [0.1, 0.15) is 17.7 Å². The van der Waals surface area contributed by atoms with Crippen LogP contribution in [0, 0.1) is 5.41 Å². The maximum absolute atomic E-state index is 11.5. The number of carbonyl (C=O) groups excluding carboxylic acids is 1. The van der Waals surface area contributed by atoms with E-state index in [4.69, 9.17) is 20.9 Å². The fourth-order valence-corrected chi connectivity index (χ4v) is 1.86. The number of aromatic nitrogens is 1. The average Bonchev–Trinajstić information content (AvgIpc) is 2.98. The van der Waals surface area contributed by atoms with Gasteiger partial charge in [0.05, 0.1) is 23.9 Å². The summed E-state index contributed by atoms with van der Waals surface area (Å²) in [6, 6.07) is 9.74. The molecule has 22 heavy (non-hydrogen) atoms. The van der Waals surface area contributed by atoms with Crippen LogP contribution in [-0.4, -0.2) is 22.0 Å². The Hall–Kier alpha value is -3.13. The fraction of sp³-hybridized carbons (Fsp3) is 0.0714. The second-order valence-electron chi connectivity index (χ2n) is 4.42. The van der Waals surface area contributed by atoms with E-state index in [1.807, 2.05) is 0 Å². The van der Waals surface area contributed by atoms with Crippen LogP contribution < -0.4 is 16.8 Å². The van der Waals surface area contributed by atoms with E-state index in [1.54, 1.807) is 30.3 Å². The van der Waals surface area contributed by atoms with Gasteiger partial charge >= 0.3 is 0 Å². The zero-order valence-corrected chi connectivity index (χ0v) is 11.4. The van der Waals surface area contributed by atoms with Crippen LogP contribution in [0.25, 0.3) is 5.70 Å². The third-order valence-electron chi connectivity index (χ3n) is 2.94. The molecular formula is C14H14N4O4. The number of hydrogen-bond donors (Lipinski definition) is 5. The van der Waals surface area contributed by atoms with E-state index in [1.165, 1.54) is 5.48 Å². The van der Waals surface area contributed by atoms with E-state index >= 15 is 0 Å². The second kappa shape index (κ2) is 6.55. The summed E-state index contributed by atoms with van der Waals surface area (Å²) in [5.74, 6) is -0.720. The Labute approximate surface area is 124 Å². The first-order valence-corrected chi connectivity index (χ1v) is 6.27. The van der Waals surface area contributed by atoms with Gasteiger partial charge in [-0.1, -0.05) is 30.3 Å². The van der Waals surface area contributed by atoms with Crippen molar-refractivity contribution in [3.8, 4) is 0 Å². The molecule has 0 bridgehead atoms. The van der Waals surface area contributed by atoms with Crippen molar-refractivity contribution in [2.45, 2.75) is 6.42 Å². The van der Waals surface area contributed by atoms with E-state index in [-0.39, 0.29) is 29.2 Å². The lowest BCUT2D eigenvalue weighted by Crippen LogP contribution is -2.23. The second-order valence-corrected chi connectivity index (χ2v) is 4.42. The Morgan fingerprint density at radius 2 is 2.05 bits per heavy atom. The fourth-order valence-electron chi connectivity index (χ4n) is 1.86. The highest BCUT2D eigenvalue weighted by Crippen LogP contribution is 2.19. The number of rotatable bonds is 5. The van der Waals surface area contributed by atoms with Gasteiger partial charge in [-0.05, 0) is 5.56 Å². The average molecular weight is 302 g/mol. The number of hydrogen-bond acceptors (Lipinski definition) is 6. The van der Waals surface area contributed by atoms with Crippen molar-refractivity contribution in [2.75, 3.05) is 0 Å². The molecule has 2 rings (SSSR count). The first-order chi connectivity index (χ1) is 10.5. The zero-order chi connectivity index (χ0) is 16.1. The van der Waals surface area contributed by atoms with Crippen LogP contribution in [0.15, 0.2) is 51.3 Å². The molecule has 0 fully saturated rings. The Kier molecular flexibility index (Phi) is 4.54. The summed E-state index contributed by atoms with van der Waals surface area (Å²) < 4.78 is 4.90. The van der Waals surface area contributed by atoms with Crippen LogP contribution in [0.5, 0.6) is 0 Å². The quantitative estimate of drug-likeness (QED) is 0.312. The SMILES string of the molecule is N=C(/C(CC(=O)NO)=C(\N)c1cc(=O)[nH]o1)c1ccccc1. The molecule has 0 saturated carbocycles. The highest BCUT2D eigenvalue weighted by atomic mass is 16.5. The third-order valence-corrected chi connectivity index (χ3v) is 2.94. The van der Waals surface area contributed by atoms with Crippen LogP contribution in [0.4, 0.5) is 0 Å². The Balaban J connectivity index is 2.49. The molecule has 0 aliphatic heterocycles. The highest BCUT2D eigenvalue weighted by Gasteiger charge is 2.19. The topological polar surface area (TPSA) is 145 Å². The van der Waals surface area contributed by atoms with Gasteiger partial charge in [0.25, 0.3) is 5.56 Å². The van der Waals surface area contributed by atoms with Crippen molar-refractivity contribution in [1.82, 2.24) is 10.6 Å². The van der Waals surface area contributed by atoms with Crippen molar-refractivity contribution >= 4 is 17.3 Å². The minimum absolute atomic E-state index is 0.00875. The number of H-pyrrole nitrogens is 1. The van der Waals surface area contributed by atoms with Gasteiger partial charge in [0.2, 0.25) is 5.91 Å². The molecule has 0 radical (unpaired) electrons. The molecular weight excluding hydrogens is 288 g/mol. The highest BCUT2D eigenvalue weighted by molar-refractivity contribution is 6.16. The zero-order valence-electron chi connectivity index (χ0n) is 11.4. The van der Waals surface area contributed by atoms with E-state index in [0.717, 1.165) is 6.07 Å². The lowest BCUT2D eigenvalue weighted by molar-refractivity contribution is -0.128. The van der Waals surface area contributed by atoms with Crippen molar-refractivity contribution in [1.29, 1.82) is 5.41 Å². The minimum Gasteiger partial charge on any atom is -0.395 e. The molecule has 1 aromatic carbocycles. The van der Waals surface area contributed by atoms with E-state index in [0.29, 0.717) is 5.56 Å². The molecule has 1 heterocycles. The first kappa shape index (κ1) is 15.3. The number of aromatic amines is 1. The monoisotopic (exact) mass is 302 g/mol. The van der Waals surface area contributed by atoms with Gasteiger partial charge in [-0.2, -0.15) is 5.16 Å². The number of nitrogens with one attached hydrogen (secondary N) is 3. The van der Waals surface area contributed by atoms with Crippen molar-refractivity contribution in [2.24, 2.45) is 5.73 Å². The number of benzene rings is 1. The predicted octanol–water partition coefficient (Wildman–Crippen LogP) is 0.601. The van der Waals surface area contributed by atoms with Gasteiger partial charge < -0.3 is 10.3 Å². The Morgan fingerprint density at radius 3 is 2.59 bits per heavy atom. The molecule has 0 aliphatic rings. The number of hydroxylamine groups is 1. The molecule has 0 unspecified atom stereocenters. The Morgan fingerprint density at radius 1 is 1.36 bits per heavy atom. The number of nitrogens with two attached hydrogens (primary N) is 1. The largest absolute Gasteiger partial charge is 0.395 e. The summed E-state index contributed by atoms with van der Waals surface area (Å²) in [6.07, 6.45) is -0.342. The summed E-state index contributed by atoms with van der Waals surface area (Å²) in [4.78, 5) is 22.6. The van der Waals surface area contributed by atoms with Crippen LogP contribution in [0.3, 0.4) is 0 Å². The van der Waals surface area contributed by atoms with E-state index in [9.17, 15) is 9.59 Å². The van der Waals surface area contributed by atoms with Gasteiger partial charge in [-0.25, -0.2) is 5.48 Å². The predicted molar refractivity (Wildman–Crippen MR) is 78.3 cm³/mol. The molecule has 0 spiro atoms. The van der Waals surface area contributed by atoms with Crippen LogP contribution >= 0.6 is 0 Å². The molecule has 8 nitrogen and oxygen atoms in total. The Bertz CT molecular complexity index is 773. The maximum Gasteiger partial charge on any atom is 0.280 e. The van der Waals surface area contributed by atoms with Crippen LogP contribution in [0.2, 0.25) is 0 Å². The smallest absolute Gasteiger partial charge is 0.280 e. The summed E-state index contributed by atoms with van der Waals surface area (Å²) in [6.45, 7) is 0. The summed E-state index contributed by atoms with van der Waals surface area (Å²) in [5, 5.41) is 19.0. The lowest BCUT2D eigenvalue weighted by atomic mass is 9.97. The molecule has 1 aromatic heterocycles. The molecule has 2 aromatic rings. The number of amides is 1. The van der Waals surface area contributed by atoms with Gasteiger partial charge in [-0.3, -0.25) is 20.2 Å². The molecule has 6 N–H and O–H groups in total. The third kappa shape index (κ3) is 3.30. The molecule has 0 saturated heterocycles. The van der Waals surface area contributed by atoms with Crippen molar-refractivity contribution < 1.29 is 14.5 Å². The molecule has 114 valence electrons. The van der Waals surface area contributed by atoms with E-state index in [2.05, 4.69) is 5.16 Å². The molecule has 1 amide bonds. The normalized spacial score (nSPS) is 11.7. The standard InChI is InChI=1S/C14H14N4O4/c15-13(8-4-2-1-3-5-8)9(6-11(19)17-21)14(16)10-7-12(20)18-22-10/h1-5,7,15,21H,6,16H2,(H,17,19)(H,18,20)/b14-9-,15-13?. The molecule has 8 heteroatoms. The van der Waals surface area contributed by atoms with Gasteiger partial charge in [-0.15, -0.1) is 0 Å². The minimum atomic E-state index is -0.739. The van der Waals surface area contributed by atoms with Gasteiger partial charge in [0, 0.05) is 5.57 Å². The van der Waals surface area contributed by atoms with Crippen molar-refractivity contribution in [3.63, 3.8) is 0 Å². The number of carbonyl (C=O) groups is 1. The maximum atomic E-state index is 11.5. The lowest BCUT2D eigenvalue weighted by Gasteiger charge is -2.11. The van der Waals surface area contributed by atoms with E-state index < -0.39 is 11.5 Å². The molecule has 0 atom stereocenters. The summed E-state index contributed by atoms with van der Waals surface area (Å²) >= 11 is 0.